The van der Waals surface area contributed by atoms with Gasteiger partial charge < -0.3 is 4.42 Å². The Balaban J connectivity index is 1.98. The van der Waals surface area contributed by atoms with Gasteiger partial charge in [0.1, 0.15) is 11.5 Å². The van der Waals surface area contributed by atoms with Gasteiger partial charge in [-0.1, -0.05) is 20.8 Å². The van der Waals surface area contributed by atoms with Crippen molar-refractivity contribution in [2.75, 3.05) is 0 Å². The zero-order chi connectivity index (χ0) is 14.8. The normalized spacial score (nSPS) is 12.0. The van der Waals surface area contributed by atoms with Crippen LogP contribution in [0.2, 0.25) is 0 Å². The van der Waals surface area contributed by atoms with Crippen LogP contribution in [0.4, 0.5) is 0 Å². The molecular formula is C14H18N4O2. The van der Waals surface area contributed by atoms with Gasteiger partial charge in [-0.2, -0.15) is 10.2 Å². The molecule has 0 aliphatic rings. The number of aromatic nitrogens is 2. The molecule has 6 nitrogen and oxygen atoms in total. The Morgan fingerprint density at radius 3 is 2.75 bits per heavy atom. The maximum absolute atomic E-state index is 11.8. The third-order valence-corrected chi connectivity index (χ3v) is 2.74. The van der Waals surface area contributed by atoms with Gasteiger partial charge in [-0.15, -0.1) is 0 Å². The van der Waals surface area contributed by atoms with Crippen LogP contribution >= 0.6 is 0 Å². The molecule has 0 unspecified atom stereocenters. The maximum Gasteiger partial charge on any atom is 0.291 e. The minimum Gasteiger partial charge on any atom is -0.460 e. The van der Waals surface area contributed by atoms with Gasteiger partial charge in [0.05, 0.1) is 6.21 Å². The average Bonchev–Trinajstić information content (AvgIpc) is 2.97. The Morgan fingerprint density at radius 1 is 1.45 bits per heavy atom. The van der Waals surface area contributed by atoms with Crippen molar-refractivity contribution in [3.05, 3.63) is 41.1 Å². The Morgan fingerprint density at radius 2 is 2.20 bits per heavy atom. The van der Waals surface area contributed by atoms with Gasteiger partial charge in [0, 0.05) is 11.1 Å². The Labute approximate surface area is 117 Å². The Kier molecular flexibility index (Phi) is 3.74. The van der Waals surface area contributed by atoms with Gasteiger partial charge in [0.2, 0.25) is 0 Å². The molecular weight excluding hydrogens is 256 g/mol. The highest BCUT2D eigenvalue weighted by Crippen LogP contribution is 2.20. The van der Waals surface area contributed by atoms with Crippen LogP contribution in [0.15, 0.2) is 27.7 Å². The van der Waals surface area contributed by atoms with Gasteiger partial charge in [-0.05, 0) is 25.1 Å². The summed E-state index contributed by atoms with van der Waals surface area (Å²) in [5, 5.41) is 10.7. The van der Waals surface area contributed by atoms with E-state index in [1.807, 2.05) is 33.8 Å². The summed E-state index contributed by atoms with van der Waals surface area (Å²) < 4.78 is 5.30. The quantitative estimate of drug-likeness (QED) is 0.665. The molecule has 2 aromatic heterocycles. The summed E-state index contributed by atoms with van der Waals surface area (Å²) in [6.07, 6.45) is 1.45. The number of rotatable bonds is 3. The molecule has 0 aliphatic carbocycles. The molecule has 2 aromatic rings. The van der Waals surface area contributed by atoms with E-state index in [0.29, 0.717) is 11.5 Å². The van der Waals surface area contributed by atoms with E-state index < -0.39 is 0 Å². The third-order valence-electron chi connectivity index (χ3n) is 2.74. The summed E-state index contributed by atoms with van der Waals surface area (Å²) in [4.78, 5) is 11.8. The van der Waals surface area contributed by atoms with E-state index in [4.69, 9.17) is 4.42 Å². The van der Waals surface area contributed by atoms with Crippen molar-refractivity contribution in [3.8, 4) is 0 Å². The number of hydrogen-bond acceptors (Lipinski definition) is 4. The first-order chi connectivity index (χ1) is 9.36. The van der Waals surface area contributed by atoms with Crippen LogP contribution in [0.1, 0.15) is 48.5 Å². The monoisotopic (exact) mass is 274 g/mol. The number of nitrogens with one attached hydrogen (secondary N) is 2. The average molecular weight is 274 g/mol. The smallest absolute Gasteiger partial charge is 0.291 e. The first-order valence-corrected chi connectivity index (χ1v) is 6.32. The number of hydrogen-bond donors (Lipinski definition) is 2. The fourth-order valence-corrected chi connectivity index (χ4v) is 1.56. The number of carbonyl (C=O) groups excluding carboxylic acids is 1. The molecule has 1 amide bonds. The van der Waals surface area contributed by atoms with E-state index in [0.717, 1.165) is 11.5 Å². The van der Waals surface area contributed by atoms with E-state index in [2.05, 4.69) is 20.7 Å². The van der Waals surface area contributed by atoms with Crippen molar-refractivity contribution >= 4 is 12.1 Å². The molecule has 0 fully saturated rings. The van der Waals surface area contributed by atoms with Crippen LogP contribution in [0, 0.1) is 6.92 Å². The summed E-state index contributed by atoms with van der Waals surface area (Å²) in [6.45, 7) is 7.96. The van der Waals surface area contributed by atoms with Crippen molar-refractivity contribution < 1.29 is 9.21 Å². The molecule has 0 radical (unpaired) electrons. The lowest BCUT2D eigenvalue weighted by atomic mass is 9.92. The summed E-state index contributed by atoms with van der Waals surface area (Å²) >= 11 is 0. The molecule has 0 bridgehead atoms. The van der Waals surface area contributed by atoms with Crippen LogP contribution in [0.5, 0.6) is 0 Å². The van der Waals surface area contributed by atoms with Crippen molar-refractivity contribution in [2.45, 2.75) is 33.1 Å². The molecule has 0 aliphatic heterocycles. The summed E-state index contributed by atoms with van der Waals surface area (Å²) in [5.41, 5.74) is 3.53. The molecule has 2 heterocycles. The molecule has 0 atom stereocenters. The van der Waals surface area contributed by atoms with Crippen molar-refractivity contribution in [2.24, 2.45) is 5.10 Å². The van der Waals surface area contributed by atoms with Crippen molar-refractivity contribution in [1.29, 1.82) is 0 Å². The number of carbonyl (C=O) groups is 1. The number of furan rings is 1. The number of H-pyrrole nitrogens is 1. The fourth-order valence-electron chi connectivity index (χ4n) is 1.56. The summed E-state index contributed by atoms with van der Waals surface area (Å²) in [6, 6.07) is 5.33. The van der Waals surface area contributed by atoms with E-state index in [9.17, 15) is 4.79 Å². The standard InChI is InChI=1S/C14H18N4O2/c1-9-5-6-10(20-9)8-15-18-13(19)11-7-12(17-16-11)14(2,3)4/h5-8H,1-4H3,(H,16,17)(H,18,19)/b15-8+. The molecule has 106 valence electrons. The molecule has 0 aromatic carbocycles. The molecule has 20 heavy (non-hydrogen) atoms. The minimum absolute atomic E-state index is 0.0828. The van der Waals surface area contributed by atoms with Gasteiger partial charge in [-0.25, -0.2) is 5.43 Å². The molecule has 2 rings (SSSR count). The third kappa shape index (κ3) is 3.34. The Hall–Kier alpha value is -2.37. The number of aryl methyl sites for hydroxylation is 1. The second kappa shape index (κ2) is 5.32. The summed E-state index contributed by atoms with van der Waals surface area (Å²) in [5.74, 6) is 1.01. The first-order valence-electron chi connectivity index (χ1n) is 6.32. The first kappa shape index (κ1) is 14.0. The van der Waals surface area contributed by atoms with Crippen LogP contribution in [-0.4, -0.2) is 22.3 Å². The highest BCUT2D eigenvalue weighted by Gasteiger charge is 2.19. The number of hydrazone groups is 1. The predicted octanol–water partition coefficient (Wildman–Crippen LogP) is 2.37. The highest BCUT2D eigenvalue weighted by atomic mass is 16.3. The number of nitrogens with zero attached hydrogens (tertiary/aromatic N) is 2. The molecule has 0 spiro atoms. The van der Waals surface area contributed by atoms with Crippen molar-refractivity contribution in [1.82, 2.24) is 15.6 Å². The Bertz CT molecular complexity index is 632. The molecule has 2 N–H and O–H groups in total. The van der Waals surface area contributed by atoms with Gasteiger partial charge in [0.15, 0.2) is 5.69 Å². The van der Waals surface area contributed by atoms with Gasteiger partial charge in [-0.3, -0.25) is 9.89 Å². The van der Waals surface area contributed by atoms with Crippen LogP contribution in [0.25, 0.3) is 0 Å². The largest absolute Gasteiger partial charge is 0.460 e. The molecule has 6 heteroatoms. The SMILES string of the molecule is Cc1ccc(/C=N/NC(=O)c2cc(C(C)(C)C)[nH]n2)o1. The number of amides is 1. The van der Waals surface area contributed by atoms with Crippen LogP contribution < -0.4 is 5.43 Å². The molecule has 0 saturated carbocycles. The van der Waals surface area contributed by atoms with Crippen LogP contribution in [0.3, 0.4) is 0 Å². The highest BCUT2D eigenvalue weighted by molar-refractivity contribution is 5.93. The molecule has 0 saturated heterocycles. The van der Waals surface area contributed by atoms with Gasteiger partial charge in [0.25, 0.3) is 5.91 Å². The second-order valence-electron chi connectivity index (χ2n) is 5.56. The topological polar surface area (TPSA) is 83.3 Å². The van der Waals surface area contributed by atoms with E-state index in [-0.39, 0.29) is 11.3 Å². The predicted molar refractivity (Wildman–Crippen MR) is 75.8 cm³/mol. The summed E-state index contributed by atoms with van der Waals surface area (Å²) in [7, 11) is 0. The fraction of sp³-hybridized carbons (Fsp3) is 0.357. The maximum atomic E-state index is 11.8. The van der Waals surface area contributed by atoms with E-state index in [1.54, 1.807) is 12.1 Å². The number of aromatic amines is 1. The lowest BCUT2D eigenvalue weighted by Crippen LogP contribution is -2.18. The van der Waals surface area contributed by atoms with Crippen molar-refractivity contribution in [3.63, 3.8) is 0 Å². The van der Waals surface area contributed by atoms with Gasteiger partial charge >= 0.3 is 0 Å². The zero-order valence-corrected chi connectivity index (χ0v) is 12.0. The lowest BCUT2D eigenvalue weighted by molar-refractivity contribution is 0.0950. The second-order valence-corrected chi connectivity index (χ2v) is 5.56. The zero-order valence-electron chi connectivity index (χ0n) is 12.0. The van der Waals surface area contributed by atoms with E-state index in [1.165, 1.54) is 6.21 Å². The van der Waals surface area contributed by atoms with Crippen LogP contribution in [-0.2, 0) is 5.41 Å². The lowest BCUT2D eigenvalue weighted by Gasteiger charge is -2.14. The minimum atomic E-state index is -0.365. The van der Waals surface area contributed by atoms with E-state index >= 15 is 0 Å².